The zero-order valence-corrected chi connectivity index (χ0v) is 14.3. The van der Waals surface area contributed by atoms with Crippen LogP contribution in [0.4, 0.5) is 5.82 Å². The Labute approximate surface area is 154 Å². The van der Waals surface area contributed by atoms with E-state index in [1.165, 1.54) is 0 Å². The fourth-order valence-corrected chi connectivity index (χ4v) is 3.16. The predicted octanol–water partition coefficient (Wildman–Crippen LogP) is 2.36. The maximum absolute atomic E-state index is 12.7. The highest BCUT2D eigenvalue weighted by Crippen LogP contribution is 2.33. The molecule has 0 radical (unpaired) electrons. The molecule has 0 unspecified atom stereocenters. The van der Waals surface area contributed by atoms with Crippen molar-refractivity contribution in [1.29, 1.82) is 0 Å². The van der Waals surface area contributed by atoms with Gasteiger partial charge in [-0.05, 0) is 30.3 Å². The number of fused-ring (bicyclic) bond motifs is 4. The summed E-state index contributed by atoms with van der Waals surface area (Å²) in [6.07, 6.45) is 3.54. The Kier molecular flexibility index (Phi) is 3.67. The first kappa shape index (κ1) is 15.7. The normalized spacial score (nSPS) is 14.4. The van der Waals surface area contributed by atoms with Crippen LogP contribution in [0.2, 0.25) is 0 Å². The molecule has 136 valence electrons. The lowest BCUT2D eigenvalue weighted by Gasteiger charge is -2.17. The Balaban J connectivity index is 1.44. The molecule has 27 heavy (non-hydrogen) atoms. The monoisotopic (exact) mass is 364 g/mol. The molecular formula is C19H16N4O4. The van der Waals surface area contributed by atoms with Crippen molar-refractivity contribution in [2.45, 2.75) is 6.54 Å². The number of imidazole rings is 1. The number of carbonyl (C=O) groups excluding carboxylic acids is 1. The van der Waals surface area contributed by atoms with E-state index in [1.54, 1.807) is 30.7 Å². The molecule has 0 fully saturated rings. The van der Waals surface area contributed by atoms with E-state index in [0.29, 0.717) is 49.4 Å². The van der Waals surface area contributed by atoms with Crippen molar-refractivity contribution in [3.05, 3.63) is 48.4 Å². The molecule has 0 bridgehead atoms. The molecule has 3 aromatic rings. The first-order valence-corrected chi connectivity index (χ1v) is 8.63. The van der Waals surface area contributed by atoms with Gasteiger partial charge in [0.15, 0.2) is 5.75 Å². The number of aromatic nitrogens is 3. The molecule has 1 N–H and O–H groups in total. The lowest BCUT2D eigenvalue weighted by Crippen LogP contribution is -2.18. The lowest BCUT2D eigenvalue weighted by molar-refractivity contribution is 0.102. The lowest BCUT2D eigenvalue weighted by atomic mass is 10.1. The van der Waals surface area contributed by atoms with E-state index in [1.807, 2.05) is 16.7 Å². The molecule has 0 saturated heterocycles. The van der Waals surface area contributed by atoms with Crippen molar-refractivity contribution in [1.82, 2.24) is 14.5 Å². The third kappa shape index (κ3) is 2.84. The SMILES string of the molecule is O=C(Nc1ccc2c(n1)OCCO2)c1ccc2c(c1)-c1cncn1CCO2. The van der Waals surface area contributed by atoms with Gasteiger partial charge in [-0.3, -0.25) is 4.79 Å². The summed E-state index contributed by atoms with van der Waals surface area (Å²) in [4.78, 5) is 21.2. The quantitative estimate of drug-likeness (QED) is 0.751. The molecule has 1 aromatic carbocycles. The number of amides is 1. The van der Waals surface area contributed by atoms with Gasteiger partial charge in [0.1, 0.15) is 31.4 Å². The second-order valence-corrected chi connectivity index (χ2v) is 6.18. The molecule has 8 heteroatoms. The fraction of sp³-hybridized carbons (Fsp3) is 0.211. The molecule has 4 heterocycles. The Hall–Kier alpha value is -3.55. The minimum absolute atomic E-state index is 0.266. The van der Waals surface area contributed by atoms with Crippen LogP contribution in [0, 0.1) is 0 Å². The molecule has 0 saturated carbocycles. The fourth-order valence-electron chi connectivity index (χ4n) is 3.16. The molecule has 0 aliphatic carbocycles. The zero-order chi connectivity index (χ0) is 18.2. The highest BCUT2D eigenvalue weighted by atomic mass is 16.6. The van der Waals surface area contributed by atoms with Crippen molar-refractivity contribution in [2.24, 2.45) is 0 Å². The average Bonchev–Trinajstić information content (AvgIpc) is 3.09. The van der Waals surface area contributed by atoms with Crippen LogP contribution in [0.25, 0.3) is 11.3 Å². The van der Waals surface area contributed by atoms with Gasteiger partial charge in [-0.15, -0.1) is 0 Å². The molecule has 0 atom stereocenters. The van der Waals surface area contributed by atoms with Gasteiger partial charge in [0.2, 0.25) is 0 Å². The van der Waals surface area contributed by atoms with Gasteiger partial charge < -0.3 is 24.1 Å². The highest BCUT2D eigenvalue weighted by molar-refractivity contribution is 6.04. The number of anilines is 1. The predicted molar refractivity (Wildman–Crippen MR) is 96.3 cm³/mol. The largest absolute Gasteiger partial charge is 0.491 e. The van der Waals surface area contributed by atoms with Gasteiger partial charge >= 0.3 is 0 Å². The third-order valence-corrected chi connectivity index (χ3v) is 4.47. The topological polar surface area (TPSA) is 87.5 Å². The number of pyridine rings is 1. The van der Waals surface area contributed by atoms with Crippen LogP contribution in [0.5, 0.6) is 17.4 Å². The van der Waals surface area contributed by atoms with Crippen LogP contribution in [0.1, 0.15) is 10.4 Å². The number of ether oxygens (including phenoxy) is 3. The minimum atomic E-state index is -0.266. The third-order valence-electron chi connectivity index (χ3n) is 4.47. The Morgan fingerprint density at radius 2 is 1.89 bits per heavy atom. The van der Waals surface area contributed by atoms with Crippen LogP contribution >= 0.6 is 0 Å². The van der Waals surface area contributed by atoms with Crippen molar-refractivity contribution in [3.8, 4) is 28.6 Å². The molecule has 8 nitrogen and oxygen atoms in total. The number of benzene rings is 1. The summed E-state index contributed by atoms with van der Waals surface area (Å²) in [6.45, 7) is 2.21. The van der Waals surface area contributed by atoms with Gasteiger partial charge in [0, 0.05) is 11.1 Å². The van der Waals surface area contributed by atoms with Gasteiger partial charge in [0.25, 0.3) is 11.8 Å². The van der Waals surface area contributed by atoms with Crippen LogP contribution in [-0.2, 0) is 6.54 Å². The number of hydrogen-bond acceptors (Lipinski definition) is 6. The number of nitrogens with one attached hydrogen (secondary N) is 1. The first-order chi connectivity index (χ1) is 13.3. The van der Waals surface area contributed by atoms with E-state index in [9.17, 15) is 4.79 Å². The minimum Gasteiger partial charge on any atom is -0.491 e. The smallest absolute Gasteiger partial charge is 0.259 e. The molecule has 0 spiro atoms. The molecule has 2 aromatic heterocycles. The van der Waals surface area contributed by atoms with Crippen molar-refractivity contribution >= 4 is 11.7 Å². The Morgan fingerprint density at radius 1 is 1.04 bits per heavy atom. The number of hydrogen-bond donors (Lipinski definition) is 1. The summed E-state index contributed by atoms with van der Waals surface area (Å²) >= 11 is 0. The van der Waals surface area contributed by atoms with Gasteiger partial charge in [-0.1, -0.05) is 0 Å². The van der Waals surface area contributed by atoms with E-state index in [0.717, 1.165) is 17.0 Å². The Bertz CT molecular complexity index is 1030. The van der Waals surface area contributed by atoms with E-state index in [4.69, 9.17) is 14.2 Å². The summed E-state index contributed by atoms with van der Waals surface area (Å²) in [7, 11) is 0. The zero-order valence-electron chi connectivity index (χ0n) is 14.3. The average molecular weight is 364 g/mol. The number of rotatable bonds is 2. The standard InChI is InChI=1S/C19H16N4O4/c24-18(21-17-4-3-16-19(22-17)27-8-7-26-16)12-1-2-15-13(9-12)14-10-20-11-23(14)5-6-25-15/h1-4,9-11H,5-8H2,(H,21,22,24). The molecule has 2 aliphatic heterocycles. The summed E-state index contributed by atoms with van der Waals surface area (Å²) in [5.74, 6) is 1.84. The van der Waals surface area contributed by atoms with Crippen molar-refractivity contribution < 1.29 is 19.0 Å². The van der Waals surface area contributed by atoms with Crippen molar-refractivity contribution in [3.63, 3.8) is 0 Å². The maximum atomic E-state index is 12.7. The molecular weight excluding hydrogens is 348 g/mol. The number of carbonyl (C=O) groups is 1. The molecule has 2 aliphatic rings. The van der Waals surface area contributed by atoms with Crippen LogP contribution in [-0.4, -0.2) is 40.3 Å². The summed E-state index contributed by atoms with van der Waals surface area (Å²) in [6, 6.07) is 8.78. The Morgan fingerprint density at radius 3 is 2.85 bits per heavy atom. The first-order valence-electron chi connectivity index (χ1n) is 8.63. The molecule has 1 amide bonds. The summed E-state index contributed by atoms with van der Waals surface area (Å²) in [5, 5.41) is 2.80. The van der Waals surface area contributed by atoms with Gasteiger partial charge in [0.05, 0.1) is 24.8 Å². The number of nitrogens with zero attached hydrogens (tertiary/aromatic N) is 3. The van der Waals surface area contributed by atoms with E-state index >= 15 is 0 Å². The van der Waals surface area contributed by atoms with Crippen LogP contribution in [0.15, 0.2) is 42.9 Å². The van der Waals surface area contributed by atoms with E-state index in [2.05, 4.69) is 15.3 Å². The van der Waals surface area contributed by atoms with Gasteiger partial charge in [-0.25, -0.2) is 4.98 Å². The summed E-state index contributed by atoms with van der Waals surface area (Å²) in [5.41, 5.74) is 2.27. The van der Waals surface area contributed by atoms with Crippen LogP contribution in [0.3, 0.4) is 0 Å². The summed E-state index contributed by atoms with van der Waals surface area (Å²) < 4.78 is 18.7. The molecule has 5 rings (SSSR count). The maximum Gasteiger partial charge on any atom is 0.259 e. The second kappa shape index (κ2) is 6.31. The van der Waals surface area contributed by atoms with Crippen LogP contribution < -0.4 is 19.5 Å². The second-order valence-electron chi connectivity index (χ2n) is 6.18. The van der Waals surface area contributed by atoms with E-state index < -0.39 is 0 Å². The van der Waals surface area contributed by atoms with E-state index in [-0.39, 0.29) is 5.91 Å². The highest BCUT2D eigenvalue weighted by Gasteiger charge is 2.19. The van der Waals surface area contributed by atoms with Crippen molar-refractivity contribution in [2.75, 3.05) is 25.1 Å². The van der Waals surface area contributed by atoms with Gasteiger partial charge in [-0.2, -0.15) is 4.98 Å².